The summed E-state index contributed by atoms with van der Waals surface area (Å²) in [5.74, 6) is 0.910. The summed E-state index contributed by atoms with van der Waals surface area (Å²) in [6.45, 7) is 1.57. The van der Waals surface area contributed by atoms with Gasteiger partial charge in [0.1, 0.15) is 5.76 Å². The first-order chi connectivity index (χ1) is 3.93. The Morgan fingerprint density at radius 1 is 1.75 bits per heavy atom. The minimum Gasteiger partial charge on any atom is -0.469 e. The van der Waals surface area contributed by atoms with Crippen molar-refractivity contribution in [2.24, 2.45) is 5.73 Å². The molecule has 0 amide bonds. The minimum absolute atomic E-state index is 0.715. The zero-order valence-electron chi connectivity index (χ0n) is 4.50. The van der Waals surface area contributed by atoms with Gasteiger partial charge in [0.2, 0.25) is 0 Å². The normalized spacial score (nSPS) is 9.62. The van der Waals surface area contributed by atoms with E-state index in [2.05, 4.69) is 0 Å². The molecule has 0 spiro atoms. The Morgan fingerprint density at radius 2 is 2.62 bits per heavy atom. The van der Waals surface area contributed by atoms with Gasteiger partial charge in [-0.25, -0.2) is 0 Å². The maximum absolute atomic E-state index is 5.13. The fourth-order valence-corrected chi connectivity index (χ4v) is 0.545. The Labute approximate surface area is 48.3 Å². The zero-order chi connectivity index (χ0) is 5.82. The van der Waals surface area contributed by atoms with E-state index in [0.29, 0.717) is 6.42 Å². The summed E-state index contributed by atoms with van der Waals surface area (Å²) >= 11 is 0. The van der Waals surface area contributed by atoms with Crippen LogP contribution in [0.2, 0.25) is 0 Å². The van der Waals surface area contributed by atoms with E-state index in [1.54, 1.807) is 12.8 Å². The van der Waals surface area contributed by atoms with Crippen molar-refractivity contribution in [3.8, 4) is 0 Å². The van der Waals surface area contributed by atoms with Gasteiger partial charge in [0.25, 0.3) is 0 Å². The van der Waals surface area contributed by atoms with E-state index in [1.165, 1.54) is 0 Å². The quantitative estimate of drug-likeness (QED) is 0.615. The van der Waals surface area contributed by atoms with Crippen LogP contribution in [0.5, 0.6) is 0 Å². The van der Waals surface area contributed by atoms with Crippen LogP contribution >= 0.6 is 0 Å². The zero-order valence-corrected chi connectivity index (χ0v) is 4.50. The van der Waals surface area contributed by atoms with Crippen molar-refractivity contribution < 1.29 is 4.42 Å². The molecule has 0 bridgehead atoms. The van der Waals surface area contributed by atoms with Crippen molar-refractivity contribution in [3.63, 3.8) is 0 Å². The third-order valence-electron chi connectivity index (χ3n) is 0.899. The fourth-order valence-electron chi connectivity index (χ4n) is 0.545. The molecule has 0 aliphatic carbocycles. The van der Waals surface area contributed by atoms with Crippen LogP contribution in [0, 0.1) is 6.54 Å². The lowest BCUT2D eigenvalue weighted by Gasteiger charge is -1.85. The van der Waals surface area contributed by atoms with Gasteiger partial charge in [-0.2, -0.15) is 0 Å². The van der Waals surface area contributed by atoms with Crippen LogP contribution in [0.1, 0.15) is 5.76 Å². The first-order valence-electron chi connectivity index (χ1n) is 2.49. The van der Waals surface area contributed by atoms with E-state index in [4.69, 9.17) is 10.2 Å². The number of nitrogens with two attached hydrogens (primary N) is 1. The summed E-state index contributed by atoms with van der Waals surface area (Å²) in [5, 5.41) is 0. The molecule has 1 rings (SSSR count). The van der Waals surface area contributed by atoms with Crippen LogP contribution in [0.15, 0.2) is 22.8 Å². The lowest BCUT2D eigenvalue weighted by atomic mass is 10.3. The average Bonchev–Trinajstić information content (AvgIpc) is 2.19. The van der Waals surface area contributed by atoms with Gasteiger partial charge in [0.05, 0.1) is 6.26 Å². The number of hydrogen-bond donors (Lipinski definition) is 1. The molecule has 1 heterocycles. The van der Waals surface area contributed by atoms with Crippen molar-refractivity contribution in [1.82, 2.24) is 0 Å². The SMILES string of the molecule is N[CH]Cc1ccco1. The van der Waals surface area contributed by atoms with Gasteiger partial charge < -0.3 is 10.2 Å². The maximum Gasteiger partial charge on any atom is 0.105 e. The molecule has 2 heteroatoms. The van der Waals surface area contributed by atoms with Gasteiger partial charge >= 0.3 is 0 Å². The predicted molar refractivity (Wildman–Crippen MR) is 30.9 cm³/mol. The van der Waals surface area contributed by atoms with E-state index in [-0.39, 0.29) is 0 Å². The predicted octanol–water partition coefficient (Wildman–Crippen LogP) is 0.943. The summed E-state index contributed by atoms with van der Waals surface area (Å²) in [4.78, 5) is 0. The second-order valence-electron chi connectivity index (χ2n) is 1.52. The lowest BCUT2D eigenvalue weighted by Crippen LogP contribution is -1.92. The van der Waals surface area contributed by atoms with Crippen molar-refractivity contribution in [3.05, 3.63) is 30.7 Å². The van der Waals surface area contributed by atoms with E-state index in [9.17, 15) is 0 Å². The van der Waals surface area contributed by atoms with Crippen LogP contribution in [0.4, 0.5) is 0 Å². The second kappa shape index (κ2) is 2.52. The lowest BCUT2D eigenvalue weighted by molar-refractivity contribution is 0.518. The molecule has 1 aromatic rings. The van der Waals surface area contributed by atoms with E-state index >= 15 is 0 Å². The van der Waals surface area contributed by atoms with E-state index in [0.717, 1.165) is 5.76 Å². The molecule has 0 aliphatic rings. The van der Waals surface area contributed by atoms with Gasteiger partial charge in [-0.3, -0.25) is 0 Å². The summed E-state index contributed by atoms with van der Waals surface area (Å²) in [5.41, 5.74) is 5.13. The monoisotopic (exact) mass is 110 g/mol. The molecule has 43 valence electrons. The Bertz CT molecular complexity index is 134. The molecule has 0 saturated carbocycles. The molecule has 1 aromatic heterocycles. The number of rotatable bonds is 2. The standard InChI is InChI=1S/C6H8NO/c7-4-3-6-2-1-5-8-6/h1-2,4-5H,3,7H2. The molecule has 0 saturated heterocycles. The molecular weight excluding hydrogens is 102 g/mol. The summed E-state index contributed by atoms with van der Waals surface area (Å²) in [7, 11) is 0. The first kappa shape index (κ1) is 5.38. The molecule has 8 heavy (non-hydrogen) atoms. The van der Waals surface area contributed by atoms with Gasteiger partial charge in [0.15, 0.2) is 0 Å². The van der Waals surface area contributed by atoms with Crippen LogP contribution < -0.4 is 5.73 Å². The third-order valence-corrected chi connectivity index (χ3v) is 0.899. The van der Waals surface area contributed by atoms with Gasteiger partial charge in [0, 0.05) is 13.0 Å². The van der Waals surface area contributed by atoms with Crippen LogP contribution in [-0.2, 0) is 6.42 Å². The van der Waals surface area contributed by atoms with Crippen molar-refractivity contribution in [2.75, 3.05) is 0 Å². The van der Waals surface area contributed by atoms with E-state index < -0.39 is 0 Å². The van der Waals surface area contributed by atoms with Gasteiger partial charge in [-0.05, 0) is 12.1 Å². The molecule has 2 N–H and O–H groups in total. The number of furan rings is 1. The molecule has 0 aliphatic heterocycles. The highest BCUT2D eigenvalue weighted by atomic mass is 16.3. The van der Waals surface area contributed by atoms with Crippen LogP contribution in [-0.4, -0.2) is 0 Å². The van der Waals surface area contributed by atoms with Crippen LogP contribution in [0.25, 0.3) is 0 Å². The highest BCUT2D eigenvalue weighted by Crippen LogP contribution is 1.99. The molecule has 0 unspecified atom stereocenters. The van der Waals surface area contributed by atoms with E-state index in [1.807, 2.05) is 12.1 Å². The minimum atomic E-state index is 0.715. The van der Waals surface area contributed by atoms with Crippen LogP contribution in [0.3, 0.4) is 0 Å². The summed E-state index contributed by atoms with van der Waals surface area (Å²) < 4.78 is 4.96. The molecular formula is C6H8NO. The maximum atomic E-state index is 5.13. The van der Waals surface area contributed by atoms with Crippen molar-refractivity contribution in [2.45, 2.75) is 6.42 Å². The second-order valence-corrected chi connectivity index (χ2v) is 1.52. The largest absolute Gasteiger partial charge is 0.469 e. The Kier molecular flexibility index (Phi) is 1.70. The van der Waals surface area contributed by atoms with Gasteiger partial charge in [-0.1, -0.05) is 0 Å². The number of hydrogen-bond acceptors (Lipinski definition) is 2. The Balaban J connectivity index is 2.50. The molecule has 0 fully saturated rings. The summed E-state index contributed by atoms with van der Waals surface area (Å²) in [6.07, 6.45) is 2.35. The Morgan fingerprint density at radius 3 is 3.12 bits per heavy atom. The fraction of sp³-hybridized carbons (Fsp3) is 0.167. The highest BCUT2D eigenvalue weighted by Gasteiger charge is 1.89. The smallest absolute Gasteiger partial charge is 0.105 e. The van der Waals surface area contributed by atoms with Crippen molar-refractivity contribution in [1.29, 1.82) is 0 Å². The topological polar surface area (TPSA) is 39.2 Å². The first-order valence-corrected chi connectivity index (χ1v) is 2.49. The molecule has 0 atom stereocenters. The third kappa shape index (κ3) is 1.10. The molecule has 2 nitrogen and oxygen atoms in total. The summed E-state index contributed by atoms with van der Waals surface area (Å²) in [6, 6.07) is 3.74. The highest BCUT2D eigenvalue weighted by molar-refractivity contribution is 4.99. The average molecular weight is 110 g/mol. The molecule has 0 aromatic carbocycles. The van der Waals surface area contributed by atoms with Crippen molar-refractivity contribution >= 4 is 0 Å². The molecule has 1 radical (unpaired) electrons. The Hall–Kier alpha value is -0.760. The van der Waals surface area contributed by atoms with Gasteiger partial charge in [-0.15, -0.1) is 0 Å².